The molecule has 4 N–H and O–H groups in total. The summed E-state index contributed by atoms with van der Waals surface area (Å²) in [5, 5.41) is 13.9. The number of aliphatic imine (C=N–C) groups is 1. The maximum atomic E-state index is 15.3. The van der Waals surface area contributed by atoms with Crippen molar-refractivity contribution in [2.45, 2.75) is 12.2 Å². The van der Waals surface area contributed by atoms with E-state index in [9.17, 15) is 9.90 Å². The number of amides is 1. The number of nitrogens with one attached hydrogen (secondary N) is 1. The molecule has 3 heterocycles. The number of hydrogen-bond donors (Lipinski definition) is 3. The number of halogens is 2. The van der Waals surface area contributed by atoms with Crippen molar-refractivity contribution in [3.8, 4) is 16.9 Å². The molecule has 0 spiro atoms. The van der Waals surface area contributed by atoms with E-state index in [1.165, 1.54) is 24.5 Å². The highest BCUT2D eigenvalue weighted by atomic mass is 19.1. The molecular formula is C26H24BF2N5O3. The summed E-state index contributed by atoms with van der Waals surface area (Å²) in [6.07, 6.45) is 2.88. The average molecular weight is 503 g/mol. The molecule has 0 saturated carbocycles. The third kappa shape index (κ3) is 4.34. The van der Waals surface area contributed by atoms with Gasteiger partial charge in [-0.15, -0.1) is 0 Å². The minimum atomic E-state index is -2.31. The fraction of sp³-hybridized carbons (Fsp3) is 0.269. The molecule has 1 amide bonds. The third-order valence-electron chi connectivity index (χ3n) is 6.66. The van der Waals surface area contributed by atoms with Crippen LogP contribution in [0.3, 0.4) is 0 Å². The number of ether oxygens (including phenoxy) is 1. The number of nitrogens with two attached hydrogens (primary N) is 1. The maximum absolute atomic E-state index is 15.3. The van der Waals surface area contributed by atoms with Gasteiger partial charge in [-0.3, -0.25) is 14.8 Å². The first kappa shape index (κ1) is 24.9. The lowest BCUT2D eigenvalue weighted by atomic mass is 9.87. The number of benzene rings is 2. The van der Waals surface area contributed by atoms with Gasteiger partial charge < -0.3 is 25.8 Å². The first-order valence-corrected chi connectivity index (χ1v) is 11.7. The molecule has 2 aliphatic rings. The Bertz CT molecular complexity index is 1390. The van der Waals surface area contributed by atoms with Gasteiger partial charge in [0.1, 0.15) is 23.0 Å². The van der Waals surface area contributed by atoms with Gasteiger partial charge in [-0.25, -0.2) is 8.78 Å². The molecule has 1 aromatic heterocycles. The molecule has 5 rings (SSSR count). The Hall–Kier alpha value is -3.83. The maximum Gasteiger partial charge on any atom is 0.258 e. The van der Waals surface area contributed by atoms with Gasteiger partial charge in [0.05, 0.1) is 30.1 Å². The van der Waals surface area contributed by atoms with Gasteiger partial charge in [0.15, 0.2) is 7.85 Å². The normalized spacial score (nSPS) is 19.4. The Morgan fingerprint density at radius 1 is 1.30 bits per heavy atom. The van der Waals surface area contributed by atoms with E-state index in [1.54, 1.807) is 19.2 Å². The van der Waals surface area contributed by atoms with Gasteiger partial charge >= 0.3 is 0 Å². The highest BCUT2D eigenvalue weighted by Gasteiger charge is 2.46. The number of aliphatic hydroxyl groups is 1. The number of pyridine rings is 1. The van der Waals surface area contributed by atoms with Gasteiger partial charge in [-0.1, -0.05) is 0 Å². The van der Waals surface area contributed by atoms with E-state index in [-0.39, 0.29) is 16.8 Å². The molecule has 1 saturated heterocycles. The summed E-state index contributed by atoms with van der Waals surface area (Å²) in [7, 11) is 7.51. The number of fused-ring (bicyclic) bond motifs is 1. The number of aromatic nitrogens is 1. The van der Waals surface area contributed by atoms with E-state index in [2.05, 4.69) is 15.3 Å². The Kier molecular flexibility index (Phi) is 6.42. The van der Waals surface area contributed by atoms with Crippen LogP contribution in [0.25, 0.3) is 11.1 Å². The second kappa shape index (κ2) is 9.57. The van der Waals surface area contributed by atoms with Gasteiger partial charge in [-0.2, -0.15) is 0 Å². The highest BCUT2D eigenvalue weighted by molar-refractivity contribution is 6.19. The van der Waals surface area contributed by atoms with Crippen molar-refractivity contribution >= 4 is 25.7 Å². The highest BCUT2D eigenvalue weighted by Crippen LogP contribution is 2.38. The van der Waals surface area contributed by atoms with Crippen LogP contribution in [-0.4, -0.2) is 61.7 Å². The predicted octanol–water partition coefficient (Wildman–Crippen LogP) is 2.18. The fourth-order valence-electron chi connectivity index (χ4n) is 4.50. The van der Waals surface area contributed by atoms with E-state index in [0.717, 1.165) is 30.1 Å². The van der Waals surface area contributed by atoms with Crippen LogP contribution < -0.4 is 15.8 Å². The number of carbonyl (C=O) groups excluding carboxylic acids is 1. The SMILES string of the molecule is [B]C1(O)c2ncccc2C(=O)N1Cc1c(F)cc(-c2ccc(OCC3CNC3)c(N)c2C=NC)cc1F. The van der Waals surface area contributed by atoms with Crippen molar-refractivity contribution in [3.05, 3.63) is 76.6 Å². The molecule has 11 heteroatoms. The molecule has 3 aromatic rings. The Morgan fingerprint density at radius 2 is 2.03 bits per heavy atom. The molecule has 188 valence electrons. The standard InChI is InChI=1S/C26H24BF2N5O3/c1-31-11-18-16(4-5-22(23(18)30)37-13-14-9-32-10-14)15-7-20(28)19(21(29)8-15)12-34-25(35)17-3-2-6-33-24(17)26(34,27)36/h2-8,11,14,32,36H,9-10,12-13,30H2,1H3. The summed E-state index contributed by atoms with van der Waals surface area (Å²) in [6, 6.07) is 8.56. The van der Waals surface area contributed by atoms with Crippen LogP contribution in [0.2, 0.25) is 0 Å². The lowest BCUT2D eigenvalue weighted by Crippen LogP contribution is -2.45. The molecule has 8 nitrogen and oxygen atoms in total. The van der Waals surface area contributed by atoms with E-state index in [1.807, 2.05) is 0 Å². The van der Waals surface area contributed by atoms with Crippen LogP contribution in [0.4, 0.5) is 14.5 Å². The molecule has 0 bridgehead atoms. The number of carbonyl (C=O) groups is 1. The van der Waals surface area contributed by atoms with Crippen molar-refractivity contribution < 1.29 is 23.4 Å². The van der Waals surface area contributed by atoms with E-state index < -0.39 is 35.3 Å². The Labute approximate surface area is 213 Å². The van der Waals surface area contributed by atoms with Gasteiger partial charge in [0, 0.05) is 49.6 Å². The summed E-state index contributed by atoms with van der Waals surface area (Å²) in [6.45, 7) is 1.65. The molecule has 2 radical (unpaired) electrons. The van der Waals surface area contributed by atoms with E-state index >= 15 is 8.78 Å². The minimum Gasteiger partial charge on any atom is -0.491 e. The monoisotopic (exact) mass is 503 g/mol. The Balaban J connectivity index is 1.46. The number of nitrogen functional groups attached to an aromatic ring is 1. The van der Waals surface area contributed by atoms with E-state index in [4.69, 9.17) is 18.3 Å². The Morgan fingerprint density at radius 3 is 2.65 bits per heavy atom. The van der Waals surface area contributed by atoms with Gasteiger partial charge in [-0.05, 0) is 47.5 Å². The zero-order valence-electron chi connectivity index (χ0n) is 20.0. The van der Waals surface area contributed by atoms with Gasteiger partial charge in [0.2, 0.25) is 0 Å². The smallest absolute Gasteiger partial charge is 0.258 e. The largest absolute Gasteiger partial charge is 0.491 e. The minimum absolute atomic E-state index is 0.0692. The quantitative estimate of drug-likeness (QED) is 0.259. The van der Waals surface area contributed by atoms with Crippen LogP contribution in [-0.2, 0) is 12.2 Å². The van der Waals surface area contributed by atoms with Crippen LogP contribution in [0.5, 0.6) is 5.75 Å². The first-order valence-electron chi connectivity index (χ1n) is 11.7. The zero-order valence-corrected chi connectivity index (χ0v) is 20.0. The van der Waals surface area contributed by atoms with Crippen LogP contribution >= 0.6 is 0 Å². The number of nitrogens with zero attached hydrogens (tertiary/aromatic N) is 3. The molecule has 37 heavy (non-hydrogen) atoms. The van der Waals surface area contributed by atoms with Crippen molar-refractivity contribution in [1.82, 2.24) is 15.2 Å². The number of hydrogen-bond acceptors (Lipinski definition) is 7. The lowest BCUT2D eigenvalue weighted by Gasteiger charge is -2.31. The predicted molar refractivity (Wildman–Crippen MR) is 135 cm³/mol. The van der Waals surface area contributed by atoms with E-state index in [0.29, 0.717) is 35.1 Å². The molecule has 1 fully saturated rings. The van der Waals surface area contributed by atoms with Crippen LogP contribution in [0.15, 0.2) is 47.6 Å². The number of rotatable bonds is 7. The topological polar surface area (TPSA) is 113 Å². The molecule has 2 aliphatic heterocycles. The summed E-state index contributed by atoms with van der Waals surface area (Å²) >= 11 is 0. The molecule has 0 aliphatic carbocycles. The third-order valence-corrected chi connectivity index (χ3v) is 6.66. The molecule has 2 aromatic carbocycles. The molecule has 1 atom stereocenters. The summed E-state index contributed by atoms with van der Waals surface area (Å²) < 4.78 is 36.5. The zero-order chi connectivity index (χ0) is 26.3. The second-order valence-electron chi connectivity index (χ2n) is 9.10. The summed E-state index contributed by atoms with van der Waals surface area (Å²) in [4.78, 5) is 21.6. The van der Waals surface area contributed by atoms with Crippen molar-refractivity contribution in [2.75, 3.05) is 32.5 Å². The van der Waals surface area contributed by atoms with Crippen LogP contribution in [0, 0.1) is 17.6 Å². The summed E-state index contributed by atoms with van der Waals surface area (Å²) in [5.41, 5.74) is 5.04. The average Bonchev–Trinajstić information content (AvgIpc) is 3.03. The second-order valence-corrected chi connectivity index (χ2v) is 9.10. The molecule has 1 unspecified atom stereocenters. The van der Waals surface area contributed by atoms with Crippen molar-refractivity contribution in [2.24, 2.45) is 10.9 Å². The summed E-state index contributed by atoms with van der Waals surface area (Å²) in [5.74, 6) is -1.66. The fourth-order valence-corrected chi connectivity index (χ4v) is 4.50. The van der Waals surface area contributed by atoms with Crippen LogP contribution in [0.1, 0.15) is 27.2 Å². The van der Waals surface area contributed by atoms with Gasteiger partial charge in [0.25, 0.3) is 5.91 Å². The first-order chi connectivity index (χ1) is 17.7. The van der Waals surface area contributed by atoms with Crippen molar-refractivity contribution in [1.29, 1.82) is 0 Å². The number of anilines is 1. The van der Waals surface area contributed by atoms with Crippen molar-refractivity contribution in [3.63, 3.8) is 0 Å². The lowest BCUT2D eigenvalue weighted by molar-refractivity contribution is -0.0231. The molecular weight excluding hydrogens is 479 g/mol.